The number of carbonyl (C=O) groups is 1. The zero-order valence-electron chi connectivity index (χ0n) is 19.6. The fraction of sp³-hybridized carbons (Fsp3) is 0.115. The molecule has 0 aliphatic carbocycles. The number of aromatic nitrogens is 2. The van der Waals surface area contributed by atoms with E-state index in [-0.39, 0.29) is 17.0 Å². The molecule has 0 spiro atoms. The van der Waals surface area contributed by atoms with Gasteiger partial charge in [0.15, 0.2) is 0 Å². The van der Waals surface area contributed by atoms with Crippen molar-refractivity contribution in [2.24, 2.45) is 0 Å². The number of aromatic amines is 1. The Labute approximate surface area is 227 Å². The number of hydrogen-bond acceptors (Lipinski definition) is 5. The van der Waals surface area contributed by atoms with Crippen molar-refractivity contribution in [3.8, 4) is 11.4 Å². The van der Waals surface area contributed by atoms with Gasteiger partial charge in [0, 0.05) is 39.1 Å². The van der Waals surface area contributed by atoms with Gasteiger partial charge in [-0.2, -0.15) is 4.31 Å². The first-order chi connectivity index (χ1) is 17.6. The van der Waals surface area contributed by atoms with Gasteiger partial charge < -0.3 is 10.3 Å². The highest BCUT2D eigenvalue weighted by atomic mass is 79.9. The molecule has 0 atom stereocenters. The average Bonchev–Trinajstić information content (AvgIpc) is 2.85. The molecule has 0 radical (unpaired) electrons. The van der Waals surface area contributed by atoms with E-state index in [0.717, 1.165) is 8.78 Å². The molecule has 0 aliphatic heterocycles. The maximum Gasteiger partial charge on any atom is 0.251 e. The Morgan fingerprint density at radius 1 is 1.05 bits per heavy atom. The van der Waals surface area contributed by atoms with Crippen molar-refractivity contribution in [1.82, 2.24) is 14.3 Å². The lowest BCUT2D eigenvalue weighted by atomic mass is 10.2. The van der Waals surface area contributed by atoms with Crippen molar-refractivity contribution in [2.45, 2.75) is 18.4 Å². The van der Waals surface area contributed by atoms with Gasteiger partial charge in [-0.25, -0.2) is 13.4 Å². The van der Waals surface area contributed by atoms with E-state index in [1.54, 1.807) is 55.5 Å². The standard InChI is InChI=1S/C26H22BrClN4O4S/c1-17-13-24(33)31-26(29-17)19-3-2-4-22(14-19)30-25(34)16-32(15-18-5-7-20(27)8-6-18)37(35,36)23-11-9-21(28)10-12-23/h2-14H,15-16H2,1H3,(H,30,34)(H,29,31,33). The number of H-pyrrole nitrogens is 1. The molecule has 4 aromatic rings. The van der Waals surface area contributed by atoms with Crippen LogP contribution in [-0.2, 0) is 21.4 Å². The number of benzene rings is 3. The summed E-state index contributed by atoms with van der Waals surface area (Å²) in [7, 11) is -4.02. The molecule has 1 heterocycles. The van der Waals surface area contributed by atoms with E-state index in [1.807, 2.05) is 0 Å². The third-order valence-electron chi connectivity index (χ3n) is 5.33. The number of anilines is 1. The number of sulfonamides is 1. The number of nitrogens with one attached hydrogen (secondary N) is 2. The van der Waals surface area contributed by atoms with Crippen LogP contribution in [0, 0.1) is 6.92 Å². The lowest BCUT2D eigenvalue weighted by molar-refractivity contribution is -0.116. The summed E-state index contributed by atoms with van der Waals surface area (Å²) in [4.78, 5) is 31.9. The predicted octanol–water partition coefficient (Wildman–Crippen LogP) is 4.99. The first-order valence-corrected chi connectivity index (χ1v) is 13.7. The van der Waals surface area contributed by atoms with E-state index in [0.29, 0.717) is 33.4 Å². The van der Waals surface area contributed by atoms with Crippen LogP contribution >= 0.6 is 27.5 Å². The highest BCUT2D eigenvalue weighted by Gasteiger charge is 2.27. The maximum atomic E-state index is 13.5. The Balaban J connectivity index is 1.58. The molecule has 0 aliphatic rings. The highest BCUT2D eigenvalue weighted by molar-refractivity contribution is 9.10. The van der Waals surface area contributed by atoms with Gasteiger partial charge in [0.1, 0.15) is 5.82 Å². The van der Waals surface area contributed by atoms with Gasteiger partial charge in [-0.05, 0) is 61.0 Å². The lowest BCUT2D eigenvalue weighted by Crippen LogP contribution is -2.37. The van der Waals surface area contributed by atoms with Crippen LogP contribution in [0.3, 0.4) is 0 Å². The molecule has 2 N–H and O–H groups in total. The van der Waals surface area contributed by atoms with Gasteiger partial charge in [-0.3, -0.25) is 9.59 Å². The van der Waals surface area contributed by atoms with E-state index in [9.17, 15) is 18.0 Å². The van der Waals surface area contributed by atoms with Gasteiger partial charge in [-0.1, -0.05) is 51.8 Å². The smallest absolute Gasteiger partial charge is 0.251 e. The maximum absolute atomic E-state index is 13.5. The summed E-state index contributed by atoms with van der Waals surface area (Å²) in [5.41, 5.74) is 2.01. The molecule has 0 saturated carbocycles. The minimum atomic E-state index is -4.02. The Hall–Kier alpha value is -3.31. The molecule has 190 valence electrons. The summed E-state index contributed by atoms with van der Waals surface area (Å²) in [5.74, 6) is -0.166. The van der Waals surface area contributed by atoms with Gasteiger partial charge in [0.25, 0.3) is 5.56 Å². The van der Waals surface area contributed by atoms with E-state index in [4.69, 9.17) is 11.6 Å². The van der Waals surface area contributed by atoms with Crippen LogP contribution in [0.25, 0.3) is 11.4 Å². The molecule has 11 heteroatoms. The summed E-state index contributed by atoms with van der Waals surface area (Å²) in [6.07, 6.45) is 0. The topological polar surface area (TPSA) is 112 Å². The molecule has 4 rings (SSSR count). The van der Waals surface area contributed by atoms with Gasteiger partial charge in [-0.15, -0.1) is 0 Å². The third kappa shape index (κ3) is 6.92. The molecular weight excluding hydrogens is 580 g/mol. The molecule has 1 aromatic heterocycles. The number of aryl methyl sites for hydroxylation is 1. The predicted molar refractivity (Wildman–Crippen MR) is 147 cm³/mol. The number of hydrogen-bond donors (Lipinski definition) is 2. The number of halogens is 2. The zero-order valence-corrected chi connectivity index (χ0v) is 22.8. The van der Waals surface area contributed by atoms with Gasteiger partial charge in [0.05, 0.1) is 11.4 Å². The molecule has 37 heavy (non-hydrogen) atoms. The summed E-state index contributed by atoms with van der Waals surface area (Å²) >= 11 is 9.30. The molecule has 0 bridgehead atoms. The minimum Gasteiger partial charge on any atom is -0.325 e. The van der Waals surface area contributed by atoms with Crippen molar-refractivity contribution >= 4 is 49.1 Å². The summed E-state index contributed by atoms with van der Waals surface area (Å²) in [6.45, 7) is 1.27. The molecule has 3 aromatic carbocycles. The molecule has 8 nitrogen and oxygen atoms in total. The third-order valence-corrected chi connectivity index (χ3v) is 7.92. The molecule has 1 amide bonds. The number of amides is 1. The SMILES string of the molecule is Cc1cc(=O)[nH]c(-c2cccc(NC(=O)CN(Cc3ccc(Br)cc3)S(=O)(=O)c3ccc(Cl)cc3)c2)n1. The Morgan fingerprint density at radius 2 is 1.76 bits per heavy atom. The van der Waals surface area contributed by atoms with Crippen molar-refractivity contribution < 1.29 is 13.2 Å². The fourth-order valence-corrected chi connectivity index (χ4v) is 5.37. The normalized spacial score (nSPS) is 11.5. The Morgan fingerprint density at radius 3 is 2.43 bits per heavy atom. The van der Waals surface area contributed by atoms with E-state index in [2.05, 4.69) is 31.2 Å². The zero-order chi connectivity index (χ0) is 26.6. The molecular formula is C26H22BrClN4O4S. The van der Waals surface area contributed by atoms with Crippen molar-refractivity contribution in [1.29, 1.82) is 0 Å². The molecule has 0 unspecified atom stereocenters. The van der Waals surface area contributed by atoms with Crippen LogP contribution in [0.1, 0.15) is 11.3 Å². The minimum absolute atomic E-state index is 0.0137. The van der Waals surface area contributed by atoms with Crippen molar-refractivity contribution in [3.63, 3.8) is 0 Å². The van der Waals surface area contributed by atoms with Gasteiger partial charge >= 0.3 is 0 Å². The monoisotopic (exact) mass is 600 g/mol. The van der Waals surface area contributed by atoms with Crippen LogP contribution in [0.4, 0.5) is 5.69 Å². The second kappa shape index (κ2) is 11.4. The van der Waals surface area contributed by atoms with Gasteiger partial charge in [0.2, 0.25) is 15.9 Å². The summed E-state index contributed by atoms with van der Waals surface area (Å²) < 4.78 is 28.9. The summed E-state index contributed by atoms with van der Waals surface area (Å²) in [5, 5.41) is 3.15. The van der Waals surface area contributed by atoms with Crippen molar-refractivity contribution in [3.05, 3.63) is 110 Å². The van der Waals surface area contributed by atoms with E-state index < -0.39 is 22.5 Å². The van der Waals surface area contributed by atoms with Crippen LogP contribution in [0.15, 0.2) is 93.0 Å². The fourth-order valence-electron chi connectivity index (χ4n) is 3.60. The van der Waals surface area contributed by atoms with Crippen LogP contribution in [0.5, 0.6) is 0 Å². The van der Waals surface area contributed by atoms with E-state index in [1.165, 1.54) is 30.3 Å². The largest absolute Gasteiger partial charge is 0.325 e. The van der Waals surface area contributed by atoms with Crippen LogP contribution < -0.4 is 10.9 Å². The lowest BCUT2D eigenvalue weighted by Gasteiger charge is -2.22. The van der Waals surface area contributed by atoms with E-state index >= 15 is 0 Å². The first-order valence-electron chi connectivity index (χ1n) is 11.1. The second-order valence-electron chi connectivity index (χ2n) is 8.22. The molecule has 0 fully saturated rings. The highest BCUT2D eigenvalue weighted by Crippen LogP contribution is 2.23. The number of rotatable bonds is 8. The number of carbonyl (C=O) groups excluding carboxylic acids is 1. The molecule has 0 saturated heterocycles. The quantitative estimate of drug-likeness (QED) is 0.296. The number of nitrogens with zero attached hydrogens (tertiary/aromatic N) is 2. The second-order valence-corrected chi connectivity index (χ2v) is 11.5. The Bertz CT molecular complexity index is 1590. The summed E-state index contributed by atoms with van der Waals surface area (Å²) in [6, 6.07) is 21.1. The van der Waals surface area contributed by atoms with Crippen molar-refractivity contribution in [2.75, 3.05) is 11.9 Å². The Kier molecular flexibility index (Phi) is 8.23. The first kappa shape index (κ1) is 26.7. The van der Waals surface area contributed by atoms with Crippen LogP contribution in [0.2, 0.25) is 5.02 Å². The van der Waals surface area contributed by atoms with Crippen LogP contribution in [-0.4, -0.2) is 35.1 Å². The average molecular weight is 602 g/mol.